The Morgan fingerprint density at radius 3 is 2.46 bits per heavy atom. The number of hydrogen-bond acceptors (Lipinski definition) is 3. The number of halogens is 1. The molecule has 0 atom stereocenters. The zero-order chi connectivity index (χ0) is 19.3. The van der Waals surface area contributed by atoms with E-state index >= 15 is 0 Å². The number of nitrogens with zero attached hydrogens (tertiary/aromatic N) is 4. The summed E-state index contributed by atoms with van der Waals surface area (Å²) in [6.45, 7) is 3.48. The van der Waals surface area contributed by atoms with E-state index in [1.807, 2.05) is 64.3 Å². The van der Waals surface area contributed by atoms with Crippen molar-refractivity contribution in [3.05, 3.63) is 77.6 Å². The summed E-state index contributed by atoms with van der Waals surface area (Å²) in [6, 6.07) is 17.7. The van der Waals surface area contributed by atoms with Crippen molar-refractivity contribution < 1.29 is 4.79 Å². The Kier molecular flexibility index (Phi) is 5.48. The Morgan fingerprint density at radius 2 is 1.79 bits per heavy atom. The van der Waals surface area contributed by atoms with Crippen molar-refractivity contribution in [2.24, 2.45) is 0 Å². The summed E-state index contributed by atoms with van der Waals surface area (Å²) in [5.74, 6) is 0. The summed E-state index contributed by atoms with van der Waals surface area (Å²) >= 11 is 6.08. The molecule has 144 valence electrons. The highest BCUT2D eigenvalue weighted by molar-refractivity contribution is 6.30. The predicted molar refractivity (Wildman–Crippen MR) is 111 cm³/mol. The van der Waals surface area contributed by atoms with Gasteiger partial charge in [0.1, 0.15) is 0 Å². The Hall–Kier alpha value is -2.99. The van der Waals surface area contributed by atoms with E-state index in [0.717, 1.165) is 35.1 Å². The van der Waals surface area contributed by atoms with Crippen molar-refractivity contribution in [3.63, 3.8) is 0 Å². The van der Waals surface area contributed by atoms with Crippen molar-refractivity contribution in [1.29, 1.82) is 0 Å². The lowest BCUT2D eigenvalue weighted by Gasteiger charge is -2.36. The van der Waals surface area contributed by atoms with E-state index < -0.39 is 0 Å². The third kappa shape index (κ3) is 4.28. The molecule has 1 aliphatic heterocycles. The van der Waals surface area contributed by atoms with Gasteiger partial charge in [0.25, 0.3) is 0 Å². The van der Waals surface area contributed by atoms with Crippen molar-refractivity contribution in [3.8, 4) is 5.69 Å². The molecule has 2 heterocycles. The van der Waals surface area contributed by atoms with Crippen LogP contribution in [0.2, 0.25) is 5.02 Å². The van der Waals surface area contributed by atoms with Crippen LogP contribution in [-0.2, 0) is 6.54 Å². The summed E-state index contributed by atoms with van der Waals surface area (Å²) in [5.41, 5.74) is 3.16. The number of carbonyl (C=O) groups is 1. The molecule has 28 heavy (non-hydrogen) atoms. The van der Waals surface area contributed by atoms with Gasteiger partial charge in [-0.15, -0.1) is 0 Å². The summed E-state index contributed by atoms with van der Waals surface area (Å²) < 4.78 is 1.81. The molecule has 1 saturated heterocycles. The van der Waals surface area contributed by atoms with E-state index in [4.69, 9.17) is 11.6 Å². The normalized spacial score (nSPS) is 14.2. The average molecular weight is 396 g/mol. The van der Waals surface area contributed by atoms with E-state index in [1.165, 1.54) is 0 Å². The minimum Gasteiger partial charge on any atom is -0.368 e. The fourth-order valence-corrected chi connectivity index (χ4v) is 3.50. The van der Waals surface area contributed by atoms with Crippen LogP contribution in [0.5, 0.6) is 0 Å². The fourth-order valence-electron chi connectivity index (χ4n) is 3.32. The van der Waals surface area contributed by atoms with Crippen molar-refractivity contribution in [2.45, 2.75) is 6.54 Å². The van der Waals surface area contributed by atoms with Crippen LogP contribution >= 0.6 is 11.6 Å². The average Bonchev–Trinajstić information content (AvgIpc) is 3.27. The van der Waals surface area contributed by atoms with E-state index in [1.54, 1.807) is 6.20 Å². The number of carbonyl (C=O) groups excluding carboxylic acids is 1. The number of rotatable bonds is 4. The zero-order valence-electron chi connectivity index (χ0n) is 15.5. The van der Waals surface area contributed by atoms with Crippen molar-refractivity contribution >= 4 is 23.3 Å². The van der Waals surface area contributed by atoms with Gasteiger partial charge in [-0.3, -0.25) is 0 Å². The highest BCUT2D eigenvalue weighted by Crippen LogP contribution is 2.20. The first-order valence-electron chi connectivity index (χ1n) is 9.31. The lowest BCUT2D eigenvalue weighted by molar-refractivity contribution is 0.194. The Labute approximate surface area is 169 Å². The lowest BCUT2D eigenvalue weighted by Crippen LogP contribution is -2.51. The maximum absolute atomic E-state index is 12.5. The summed E-state index contributed by atoms with van der Waals surface area (Å²) in [4.78, 5) is 16.6. The largest absolute Gasteiger partial charge is 0.368 e. The third-order valence-corrected chi connectivity index (χ3v) is 5.12. The topological polar surface area (TPSA) is 53.4 Å². The Bertz CT molecular complexity index is 918. The molecule has 3 aromatic rings. The Balaban J connectivity index is 1.27. The molecular formula is C21H22ClN5O. The zero-order valence-corrected chi connectivity index (χ0v) is 16.2. The second-order valence-corrected chi connectivity index (χ2v) is 7.17. The first kappa shape index (κ1) is 18.4. The number of hydrogen-bond donors (Lipinski definition) is 1. The number of piperazine rings is 1. The molecule has 1 N–H and O–H groups in total. The van der Waals surface area contributed by atoms with Crippen LogP contribution in [0.25, 0.3) is 5.69 Å². The standard InChI is InChI=1S/C21H22ClN5O/c22-18-3-1-4-20(15-18)25-11-13-26(14-12-25)21(28)23-16-17-5-7-19(8-6-17)27-10-2-9-24-27/h1-10,15H,11-14,16H2,(H,23,28). The second kappa shape index (κ2) is 8.35. The molecule has 2 amide bonds. The fraction of sp³-hybridized carbons (Fsp3) is 0.238. The molecule has 0 spiro atoms. The molecule has 1 aliphatic rings. The summed E-state index contributed by atoms with van der Waals surface area (Å²) in [6.07, 6.45) is 3.65. The second-order valence-electron chi connectivity index (χ2n) is 6.73. The molecule has 2 aromatic carbocycles. The van der Waals surface area contributed by atoms with E-state index in [2.05, 4.69) is 21.4 Å². The molecule has 7 heteroatoms. The monoisotopic (exact) mass is 395 g/mol. The van der Waals surface area contributed by atoms with Crippen LogP contribution < -0.4 is 10.2 Å². The van der Waals surface area contributed by atoms with Crippen LogP contribution in [0.4, 0.5) is 10.5 Å². The number of benzene rings is 2. The molecule has 6 nitrogen and oxygen atoms in total. The van der Waals surface area contributed by atoms with Gasteiger partial charge in [0.2, 0.25) is 0 Å². The van der Waals surface area contributed by atoms with E-state index in [9.17, 15) is 4.79 Å². The number of aromatic nitrogens is 2. The minimum atomic E-state index is -0.0260. The van der Waals surface area contributed by atoms with E-state index in [-0.39, 0.29) is 6.03 Å². The number of anilines is 1. The maximum Gasteiger partial charge on any atom is 0.317 e. The SMILES string of the molecule is O=C(NCc1ccc(-n2cccn2)cc1)N1CCN(c2cccc(Cl)c2)CC1. The van der Waals surface area contributed by atoms with Gasteiger partial charge < -0.3 is 15.1 Å². The van der Waals surface area contributed by atoms with Gasteiger partial charge in [0.05, 0.1) is 5.69 Å². The lowest BCUT2D eigenvalue weighted by atomic mass is 10.2. The first-order valence-corrected chi connectivity index (χ1v) is 9.69. The molecule has 4 rings (SSSR count). The van der Waals surface area contributed by atoms with Crippen LogP contribution in [0.15, 0.2) is 67.0 Å². The molecule has 0 bridgehead atoms. The predicted octanol–water partition coefficient (Wildman–Crippen LogP) is 3.56. The minimum absolute atomic E-state index is 0.0260. The molecular weight excluding hydrogens is 374 g/mol. The van der Waals surface area contributed by atoms with Crippen LogP contribution in [0.1, 0.15) is 5.56 Å². The molecule has 0 aliphatic carbocycles. The molecule has 0 unspecified atom stereocenters. The number of amides is 2. The van der Waals surface area contributed by atoms with Gasteiger partial charge >= 0.3 is 6.03 Å². The molecule has 0 radical (unpaired) electrons. The van der Waals surface area contributed by atoms with Gasteiger partial charge in [0.15, 0.2) is 0 Å². The summed E-state index contributed by atoms with van der Waals surface area (Å²) in [7, 11) is 0. The van der Waals surface area contributed by atoms with Gasteiger partial charge in [-0.05, 0) is 42.0 Å². The highest BCUT2D eigenvalue weighted by atomic mass is 35.5. The number of nitrogens with one attached hydrogen (secondary N) is 1. The maximum atomic E-state index is 12.5. The molecule has 0 saturated carbocycles. The van der Waals surface area contributed by atoms with Crippen LogP contribution in [0, 0.1) is 0 Å². The van der Waals surface area contributed by atoms with Crippen LogP contribution in [0.3, 0.4) is 0 Å². The van der Waals surface area contributed by atoms with Gasteiger partial charge in [-0.1, -0.05) is 29.8 Å². The third-order valence-electron chi connectivity index (χ3n) is 4.89. The van der Waals surface area contributed by atoms with Crippen LogP contribution in [-0.4, -0.2) is 46.9 Å². The molecule has 1 aromatic heterocycles. The van der Waals surface area contributed by atoms with Gasteiger partial charge in [-0.2, -0.15) is 5.10 Å². The first-order chi connectivity index (χ1) is 13.7. The van der Waals surface area contributed by atoms with Gasteiger partial charge in [-0.25, -0.2) is 9.48 Å². The van der Waals surface area contributed by atoms with Crippen molar-refractivity contribution in [2.75, 3.05) is 31.1 Å². The molecule has 1 fully saturated rings. The van der Waals surface area contributed by atoms with E-state index in [0.29, 0.717) is 19.6 Å². The van der Waals surface area contributed by atoms with Gasteiger partial charge in [0, 0.05) is 55.8 Å². The highest BCUT2D eigenvalue weighted by Gasteiger charge is 2.21. The quantitative estimate of drug-likeness (QED) is 0.734. The van der Waals surface area contributed by atoms with Crippen molar-refractivity contribution in [1.82, 2.24) is 20.0 Å². The smallest absolute Gasteiger partial charge is 0.317 e. The number of urea groups is 1. The summed E-state index contributed by atoms with van der Waals surface area (Å²) in [5, 5.41) is 7.96. The Morgan fingerprint density at radius 1 is 1.00 bits per heavy atom.